The molecule has 2 aromatic heterocycles. The van der Waals surface area contributed by atoms with Crippen LogP contribution in [0.5, 0.6) is 5.75 Å². The molecule has 138 valence electrons. The Morgan fingerprint density at radius 1 is 1.22 bits per heavy atom. The number of methoxy groups -OCH3 is 1. The number of ether oxygens (including phenoxy) is 1. The summed E-state index contributed by atoms with van der Waals surface area (Å²) in [5.74, 6) is 0.874. The Hall–Kier alpha value is -2.58. The highest BCUT2D eigenvalue weighted by Crippen LogP contribution is 2.32. The second kappa shape index (κ2) is 7.58. The Balaban J connectivity index is 1.47. The van der Waals surface area contributed by atoms with Crippen molar-refractivity contribution in [2.75, 3.05) is 18.2 Å². The van der Waals surface area contributed by atoms with Crippen LogP contribution in [0.3, 0.4) is 0 Å². The number of para-hydroxylation sites is 3. The Morgan fingerprint density at radius 3 is 2.89 bits per heavy atom. The normalized spacial score (nSPS) is 11.2. The molecule has 2 heterocycles. The minimum absolute atomic E-state index is 0.104. The largest absolute Gasteiger partial charge is 0.494 e. The molecule has 4 aromatic rings. The van der Waals surface area contributed by atoms with Crippen LogP contribution in [0.4, 0.5) is 5.13 Å². The zero-order valence-corrected chi connectivity index (χ0v) is 16.6. The topological polar surface area (TPSA) is 69.0 Å². The van der Waals surface area contributed by atoms with Crippen LogP contribution < -0.4 is 10.1 Å². The van der Waals surface area contributed by atoms with E-state index in [1.54, 1.807) is 7.11 Å². The summed E-state index contributed by atoms with van der Waals surface area (Å²) in [5, 5.41) is 4.30. The molecule has 1 N–H and O–H groups in total. The molecule has 0 aliphatic carbocycles. The van der Waals surface area contributed by atoms with Gasteiger partial charge < -0.3 is 14.6 Å². The first-order valence-electron chi connectivity index (χ1n) is 8.51. The van der Waals surface area contributed by atoms with Gasteiger partial charge in [-0.25, -0.2) is 9.97 Å². The van der Waals surface area contributed by atoms with Crippen LogP contribution in [0.25, 0.3) is 21.3 Å². The number of rotatable bonds is 6. The van der Waals surface area contributed by atoms with Crippen molar-refractivity contribution in [1.29, 1.82) is 0 Å². The lowest BCUT2D eigenvalue weighted by Crippen LogP contribution is -2.14. The van der Waals surface area contributed by atoms with Gasteiger partial charge in [-0.2, -0.15) is 0 Å². The van der Waals surface area contributed by atoms with Crippen LogP contribution in [0, 0.1) is 0 Å². The lowest BCUT2D eigenvalue weighted by atomic mass is 10.3. The average Bonchev–Trinajstić information content (AvgIpc) is 3.25. The van der Waals surface area contributed by atoms with Gasteiger partial charge in [0, 0.05) is 6.54 Å². The number of thiazole rings is 1. The fourth-order valence-electron chi connectivity index (χ4n) is 2.90. The van der Waals surface area contributed by atoms with Gasteiger partial charge >= 0.3 is 0 Å². The number of hydrogen-bond donors (Lipinski definition) is 1. The number of fused-ring (bicyclic) bond motifs is 2. The van der Waals surface area contributed by atoms with E-state index in [4.69, 9.17) is 4.74 Å². The maximum atomic E-state index is 12.4. The van der Waals surface area contributed by atoms with E-state index in [1.807, 2.05) is 42.5 Å². The summed E-state index contributed by atoms with van der Waals surface area (Å²) >= 11 is 2.87. The third-order valence-electron chi connectivity index (χ3n) is 4.12. The smallest absolute Gasteiger partial charge is 0.236 e. The number of thioether (sulfide) groups is 1. The summed E-state index contributed by atoms with van der Waals surface area (Å²) in [7, 11) is 1.61. The summed E-state index contributed by atoms with van der Waals surface area (Å²) in [6, 6.07) is 13.7. The minimum atomic E-state index is -0.104. The number of aryl methyl sites for hydroxylation is 1. The van der Waals surface area contributed by atoms with Gasteiger partial charge in [-0.1, -0.05) is 41.3 Å². The van der Waals surface area contributed by atoms with Crippen LogP contribution >= 0.6 is 23.1 Å². The van der Waals surface area contributed by atoms with Crippen molar-refractivity contribution in [3.8, 4) is 5.75 Å². The number of benzene rings is 2. The number of nitrogens with zero attached hydrogens (tertiary/aromatic N) is 3. The molecule has 6 nitrogen and oxygen atoms in total. The predicted octanol–water partition coefficient (Wildman–Crippen LogP) is 4.41. The fourth-order valence-corrected chi connectivity index (χ4v) is 4.67. The van der Waals surface area contributed by atoms with Gasteiger partial charge in [0.05, 0.1) is 28.6 Å². The Morgan fingerprint density at radius 2 is 2.07 bits per heavy atom. The van der Waals surface area contributed by atoms with Gasteiger partial charge in [-0.3, -0.25) is 4.79 Å². The van der Waals surface area contributed by atoms with Crippen molar-refractivity contribution in [2.24, 2.45) is 0 Å². The highest BCUT2D eigenvalue weighted by atomic mass is 32.2. The lowest BCUT2D eigenvalue weighted by Gasteiger charge is -2.05. The van der Waals surface area contributed by atoms with Crippen molar-refractivity contribution in [1.82, 2.24) is 14.5 Å². The van der Waals surface area contributed by atoms with Crippen LogP contribution in [-0.2, 0) is 11.3 Å². The summed E-state index contributed by atoms with van der Waals surface area (Å²) in [5.41, 5.74) is 2.79. The zero-order valence-electron chi connectivity index (χ0n) is 14.9. The number of anilines is 1. The quantitative estimate of drug-likeness (QED) is 0.487. The molecule has 0 saturated heterocycles. The molecule has 8 heteroatoms. The van der Waals surface area contributed by atoms with Crippen LogP contribution in [-0.4, -0.2) is 33.3 Å². The standard InChI is InChI=1S/C19H18N4O2S2/c1-3-23-13-8-5-4-7-12(13)20-19(23)26-11-16(24)21-18-22-17-14(25-2)9-6-10-15(17)27-18/h4-10H,3,11H2,1-2H3,(H,21,22,24). The molecule has 1 amide bonds. The highest BCUT2D eigenvalue weighted by Gasteiger charge is 2.14. The molecular formula is C19H18N4O2S2. The summed E-state index contributed by atoms with van der Waals surface area (Å²) in [6.07, 6.45) is 0. The lowest BCUT2D eigenvalue weighted by molar-refractivity contribution is -0.113. The van der Waals surface area contributed by atoms with Crippen molar-refractivity contribution < 1.29 is 9.53 Å². The SMILES string of the molecule is CCn1c(SCC(=O)Nc2nc3c(OC)cccc3s2)nc2ccccc21. The van der Waals surface area contributed by atoms with Gasteiger partial charge in [0.1, 0.15) is 11.3 Å². The van der Waals surface area contributed by atoms with E-state index in [0.717, 1.165) is 33.0 Å². The molecule has 0 radical (unpaired) electrons. The van der Waals surface area contributed by atoms with Gasteiger partial charge in [-0.05, 0) is 31.2 Å². The first-order chi connectivity index (χ1) is 13.2. The molecule has 0 spiro atoms. The summed E-state index contributed by atoms with van der Waals surface area (Å²) < 4.78 is 8.42. The summed E-state index contributed by atoms with van der Waals surface area (Å²) in [4.78, 5) is 21.5. The number of carbonyl (C=O) groups excluding carboxylic acids is 1. The molecule has 0 bridgehead atoms. The summed E-state index contributed by atoms with van der Waals surface area (Å²) in [6.45, 7) is 2.88. The third-order valence-corrected chi connectivity index (χ3v) is 6.03. The highest BCUT2D eigenvalue weighted by molar-refractivity contribution is 7.99. The number of carbonyl (C=O) groups is 1. The third kappa shape index (κ3) is 3.50. The maximum Gasteiger partial charge on any atom is 0.236 e. The molecule has 27 heavy (non-hydrogen) atoms. The molecule has 2 aromatic carbocycles. The van der Waals surface area contributed by atoms with Crippen molar-refractivity contribution in [2.45, 2.75) is 18.6 Å². The first-order valence-corrected chi connectivity index (χ1v) is 10.3. The van der Waals surface area contributed by atoms with Crippen molar-refractivity contribution in [3.05, 3.63) is 42.5 Å². The molecular weight excluding hydrogens is 380 g/mol. The monoisotopic (exact) mass is 398 g/mol. The Bertz CT molecular complexity index is 1120. The van der Waals surface area contributed by atoms with Gasteiger partial charge in [-0.15, -0.1) is 0 Å². The van der Waals surface area contributed by atoms with Gasteiger partial charge in [0.2, 0.25) is 5.91 Å². The Labute approximate surface area is 164 Å². The minimum Gasteiger partial charge on any atom is -0.494 e. The number of hydrogen-bond acceptors (Lipinski definition) is 6. The molecule has 0 aliphatic heterocycles. The van der Waals surface area contributed by atoms with Crippen molar-refractivity contribution in [3.63, 3.8) is 0 Å². The second-order valence-electron chi connectivity index (χ2n) is 5.79. The van der Waals surface area contributed by atoms with Crippen LogP contribution in [0.1, 0.15) is 6.92 Å². The maximum absolute atomic E-state index is 12.4. The number of aromatic nitrogens is 3. The second-order valence-corrected chi connectivity index (χ2v) is 7.76. The molecule has 0 saturated carbocycles. The van der Waals surface area contributed by atoms with Gasteiger partial charge in [0.15, 0.2) is 10.3 Å². The predicted molar refractivity (Wildman–Crippen MR) is 111 cm³/mol. The van der Waals surface area contributed by atoms with Crippen molar-refractivity contribution >= 4 is 55.4 Å². The first kappa shape index (κ1) is 17.8. The fraction of sp³-hybridized carbons (Fsp3) is 0.211. The number of imidazole rings is 1. The zero-order chi connectivity index (χ0) is 18.8. The van der Waals surface area contributed by atoms with E-state index in [0.29, 0.717) is 10.9 Å². The van der Waals surface area contributed by atoms with E-state index < -0.39 is 0 Å². The average molecular weight is 399 g/mol. The van der Waals surface area contributed by atoms with Gasteiger partial charge in [0.25, 0.3) is 0 Å². The molecule has 0 aliphatic rings. The van der Waals surface area contributed by atoms with E-state index in [1.165, 1.54) is 23.1 Å². The number of amides is 1. The number of nitrogens with one attached hydrogen (secondary N) is 1. The van der Waals surface area contributed by atoms with Crippen LogP contribution in [0.2, 0.25) is 0 Å². The van der Waals surface area contributed by atoms with E-state index in [-0.39, 0.29) is 11.7 Å². The van der Waals surface area contributed by atoms with E-state index in [2.05, 4.69) is 26.8 Å². The molecule has 0 atom stereocenters. The molecule has 4 rings (SSSR count). The molecule has 0 fully saturated rings. The van der Waals surface area contributed by atoms with E-state index >= 15 is 0 Å². The van der Waals surface area contributed by atoms with Crippen LogP contribution in [0.15, 0.2) is 47.6 Å². The van der Waals surface area contributed by atoms with E-state index in [9.17, 15) is 4.79 Å². The Kier molecular flexibility index (Phi) is 5.00. The molecule has 0 unspecified atom stereocenters.